The Bertz CT molecular complexity index is 1150. The van der Waals surface area contributed by atoms with Crippen LogP contribution in [0.5, 0.6) is 0 Å². The first-order valence-corrected chi connectivity index (χ1v) is 8.27. The fourth-order valence-corrected chi connectivity index (χ4v) is 3.10. The fraction of sp³-hybridized carbons (Fsp3) is 0.158. The summed E-state index contributed by atoms with van der Waals surface area (Å²) in [5, 5.41) is -0.0403. The van der Waals surface area contributed by atoms with Gasteiger partial charge >= 0.3 is 6.18 Å². The van der Waals surface area contributed by atoms with Gasteiger partial charge in [0.25, 0.3) is 0 Å². The van der Waals surface area contributed by atoms with Crippen LogP contribution in [0.15, 0.2) is 46.1 Å². The van der Waals surface area contributed by atoms with Crippen molar-refractivity contribution in [3.8, 4) is 22.4 Å². The second kappa shape index (κ2) is 6.74. The number of hydrogen-bond acceptors (Lipinski definition) is 2. The molecule has 0 aliphatic rings. The number of nitrogens with one attached hydrogen (secondary N) is 2. The lowest BCUT2D eigenvalue weighted by Crippen LogP contribution is -2.17. The van der Waals surface area contributed by atoms with E-state index in [1.165, 1.54) is 24.4 Å². The lowest BCUT2D eigenvalue weighted by Gasteiger charge is -2.13. The van der Waals surface area contributed by atoms with Crippen molar-refractivity contribution >= 4 is 11.6 Å². The minimum atomic E-state index is -4.57. The van der Waals surface area contributed by atoms with E-state index >= 15 is 0 Å². The van der Waals surface area contributed by atoms with Crippen molar-refractivity contribution in [2.75, 3.05) is 0 Å². The molecular formula is C19H14ClF3N2O2. The Morgan fingerprint density at radius 1 is 1.00 bits per heavy atom. The van der Waals surface area contributed by atoms with Gasteiger partial charge in [0.05, 0.1) is 16.7 Å². The molecule has 2 aromatic heterocycles. The van der Waals surface area contributed by atoms with E-state index in [4.69, 9.17) is 11.6 Å². The van der Waals surface area contributed by atoms with E-state index in [1.54, 1.807) is 13.8 Å². The number of halogens is 4. The SMILES string of the molecule is Cc1[nH]c(C)c(-c2c[nH]c(-c3ccccc3C(F)(F)F)cc2=O)c(=O)c1Cl. The van der Waals surface area contributed by atoms with Gasteiger partial charge in [-0.3, -0.25) is 9.59 Å². The summed E-state index contributed by atoms with van der Waals surface area (Å²) >= 11 is 5.97. The molecule has 8 heteroatoms. The predicted octanol–water partition coefficient (Wildman–Crippen LogP) is 4.69. The van der Waals surface area contributed by atoms with Crippen LogP contribution < -0.4 is 10.9 Å². The normalized spacial score (nSPS) is 11.6. The first-order chi connectivity index (χ1) is 12.6. The Labute approximate surface area is 156 Å². The average Bonchev–Trinajstić information content (AvgIpc) is 2.60. The fourth-order valence-electron chi connectivity index (χ4n) is 2.96. The molecule has 0 radical (unpaired) electrons. The highest BCUT2D eigenvalue weighted by molar-refractivity contribution is 6.31. The summed E-state index contributed by atoms with van der Waals surface area (Å²) in [7, 11) is 0. The van der Waals surface area contributed by atoms with E-state index in [2.05, 4.69) is 9.97 Å². The van der Waals surface area contributed by atoms with Crippen molar-refractivity contribution in [3.05, 3.63) is 78.9 Å². The minimum Gasteiger partial charge on any atom is -0.361 e. The number of H-pyrrole nitrogens is 2. The molecule has 0 spiro atoms. The van der Waals surface area contributed by atoms with Crippen molar-refractivity contribution in [2.24, 2.45) is 0 Å². The van der Waals surface area contributed by atoms with E-state index < -0.39 is 22.6 Å². The Kier molecular flexibility index (Phi) is 4.73. The minimum absolute atomic E-state index is 0.00367. The second-order valence-corrected chi connectivity index (χ2v) is 6.44. The summed E-state index contributed by atoms with van der Waals surface area (Å²) in [6, 6.07) is 5.98. The number of aromatic nitrogens is 2. The number of aryl methyl sites for hydroxylation is 2. The van der Waals surface area contributed by atoms with E-state index in [0.29, 0.717) is 11.4 Å². The molecule has 0 atom stereocenters. The number of pyridine rings is 2. The van der Waals surface area contributed by atoms with Crippen molar-refractivity contribution in [1.29, 1.82) is 0 Å². The van der Waals surface area contributed by atoms with Gasteiger partial charge in [0, 0.05) is 34.9 Å². The van der Waals surface area contributed by atoms with Crippen LogP contribution in [0.25, 0.3) is 22.4 Å². The summed E-state index contributed by atoms with van der Waals surface area (Å²) in [5.41, 5.74) is -1.09. The molecule has 2 heterocycles. The predicted molar refractivity (Wildman–Crippen MR) is 98.0 cm³/mol. The molecule has 4 nitrogen and oxygen atoms in total. The molecular weight excluding hydrogens is 381 g/mol. The molecule has 0 bridgehead atoms. The number of alkyl halides is 3. The Morgan fingerprint density at radius 2 is 1.67 bits per heavy atom. The van der Waals surface area contributed by atoms with Crippen molar-refractivity contribution in [1.82, 2.24) is 9.97 Å². The van der Waals surface area contributed by atoms with Gasteiger partial charge in [-0.2, -0.15) is 13.2 Å². The molecule has 0 fully saturated rings. The summed E-state index contributed by atoms with van der Waals surface area (Å²) in [6.07, 6.45) is -3.33. The van der Waals surface area contributed by atoms with Gasteiger partial charge in [0.2, 0.25) is 5.43 Å². The standard InChI is InChI=1S/C19H14ClF3N2O2/c1-9-16(18(27)17(20)10(2)25-9)12-8-24-14(7-15(12)26)11-5-3-4-6-13(11)19(21,22)23/h3-8H,1-2H3,(H,24,26)(H,25,27). The highest BCUT2D eigenvalue weighted by Crippen LogP contribution is 2.36. The van der Waals surface area contributed by atoms with Crippen LogP contribution in [0.2, 0.25) is 5.02 Å². The third-order valence-corrected chi connectivity index (χ3v) is 4.67. The van der Waals surface area contributed by atoms with Crippen LogP contribution in [-0.2, 0) is 6.18 Å². The van der Waals surface area contributed by atoms with Gasteiger partial charge in [0.15, 0.2) is 5.43 Å². The molecule has 0 aliphatic carbocycles. The third kappa shape index (κ3) is 3.42. The average molecular weight is 395 g/mol. The van der Waals surface area contributed by atoms with Gasteiger partial charge in [-0.15, -0.1) is 0 Å². The molecule has 0 amide bonds. The van der Waals surface area contributed by atoms with Gasteiger partial charge in [-0.05, 0) is 19.9 Å². The number of hydrogen-bond donors (Lipinski definition) is 2. The highest BCUT2D eigenvalue weighted by atomic mass is 35.5. The van der Waals surface area contributed by atoms with E-state index in [0.717, 1.165) is 12.1 Å². The molecule has 1 aromatic carbocycles. The first-order valence-electron chi connectivity index (χ1n) is 7.90. The number of aromatic amines is 2. The number of rotatable bonds is 2. The highest BCUT2D eigenvalue weighted by Gasteiger charge is 2.33. The first kappa shape index (κ1) is 19.0. The van der Waals surface area contributed by atoms with E-state index in [-0.39, 0.29) is 27.4 Å². The van der Waals surface area contributed by atoms with E-state index in [9.17, 15) is 22.8 Å². The third-order valence-electron chi connectivity index (χ3n) is 4.21. The molecule has 0 aliphatic heterocycles. The van der Waals surface area contributed by atoms with Crippen molar-refractivity contribution in [3.63, 3.8) is 0 Å². The van der Waals surface area contributed by atoms with Crippen LogP contribution in [0.3, 0.4) is 0 Å². The molecule has 0 unspecified atom stereocenters. The quantitative estimate of drug-likeness (QED) is 0.662. The monoisotopic (exact) mass is 394 g/mol. The van der Waals surface area contributed by atoms with Gasteiger partial charge < -0.3 is 9.97 Å². The summed E-state index contributed by atoms with van der Waals surface area (Å²) in [6.45, 7) is 3.24. The Balaban J connectivity index is 2.20. The summed E-state index contributed by atoms with van der Waals surface area (Å²) in [5.74, 6) is 0. The van der Waals surface area contributed by atoms with Gasteiger partial charge in [-0.25, -0.2) is 0 Å². The maximum absolute atomic E-state index is 13.2. The van der Waals surface area contributed by atoms with Crippen molar-refractivity contribution < 1.29 is 13.2 Å². The van der Waals surface area contributed by atoms with Gasteiger partial charge in [-0.1, -0.05) is 29.8 Å². The maximum atomic E-state index is 13.2. The Morgan fingerprint density at radius 3 is 2.30 bits per heavy atom. The Hall–Kier alpha value is -2.80. The zero-order chi connectivity index (χ0) is 19.9. The molecule has 0 saturated heterocycles. The van der Waals surface area contributed by atoms with Crippen LogP contribution in [0.1, 0.15) is 17.0 Å². The molecule has 27 heavy (non-hydrogen) atoms. The van der Waals surface area contributed by atoms with Crippen LogP contribution in [0.4, 0.5) is 13.2 Å². The summed E-state index contributed by atoms with van der Waals surface area (Å²) < 4.78 is 39.6. The zero-order valence-corrected chi connectivity index (χ0v) is 15.0. The number of benzene rings is 1. The molecule has 0 saturated carbocycles. The molecule has 140 valence electrons. The van der Waals surface area contributed by atoms with Crippen LogP contribution in [-0.4, -0.2) is 9.97 Å². The zero-order valence-electron chi connectivity index (χ0n) is 14.3. The molecule has 2 N–H and O–H groups in total. The lowest BCUT2D eigenvalue weighted by atomic mass is 10.0. The van der Waals surface area contributed by atoms with Crippen molar-refractivity contribution in [2.45, 2.75) is 20.0 Å². The molecule has 3 rings (SSSR count). The van der Waals surface area contributed by atoms with Crippen LogP contribution >= 0.6 is 11.6 Å². The largest absolute Gasteiger partial charge is 0.417 e. The maximum Gasteiger partial charge on any atom is 0.417 e. The van der Waals surface area contributed by atoms with Crippen LogP contribution in [0, 0.1) is 13.8 Å². The summed E-state index contributed by atoms with van der Waals surface area (Å²) in [4.78, 5) is 30.6. The second-order valence-electron chi connectivity index (χ2n) is 6.06. The van der Waals surface area contributed by atoms with Gasteiger partial charge in [0.1, 0.15) is 5.02 Å². The van der Waals surface area contributed by atoms with E-state index in [1.807, 2.05) is 0 Å². The lowest BCUT2D eigenvalue weighted by molar-refractivity contribution is -0.137. The smallest absolute Gasteiger partial charge is 0.361 e. The molecule has 3 aromatic rings. The topological polar surface area (TPSA) is 65.7 Å².